The molecule has 0 bridgehead atoms. The molecule has 0 aliphatic carbocycles. The lowest BCUT2D eigenvalue weighted by atomic mass is 9.77. The van der Waals surface area contributed by atoms with Crippen LogP contribution in [0.15, 0.2) is 53.4 Å². The maximum absolute atomic E-state index is 13.3. The van der Waals surface area contributed by atoms with Crippen molar-refractivity contribution in [3.05, 3.63) is 59.1 Å². The summed E-state index contributed by atoms with van der Waals surface area (Å²) in [5.74, 6) is 0.0192. The van der Waals surface area contributed by atoms with Gasteiger partial charge in [-0.25, -0.2) is 8.42 Å². The Balaban J connectivity index is 1.49. The minimum Gasteiger partial charge on any atom is -0.312 e. The van der Waals surface area contributed by atoms with Crippen LogP contribution in [0.25, 0.3) is 0 Å². The molecule has 2 aliphatic heterocycles. The Hall–Kier alpha value is -2.22. The summed E-state index contributed by atoms with van der Waals surface area (Å²) in [5, 5.41) is 0.204. The average molecular weight is 447 g/mol. The van der Waals surface area contributed by atoms with Gasteiger partial charge in [-0.3, -0.25) is 9.59 Å². The number of hydrogen-bond acceptors (Lipinski definition) is 4. The molecule has 158 valence electrons. The zero-order chi connectivity index (χ0) is 21.5. The summed E-state index contributed by atoms with van der Waals surface area (Å²) in [6, 6.07) is 13.5. The standard InChI is InChI=1S/C22H23ClN2O4S/c1-16(26)17-6-8-18(9-7-17)25-15-12-22(21(25)27)10-13-24(14-11-22)30(28,29)20-5-3-2-4-19(20)23/h2-9H,10-15H2,1H3. The van der Waals surface area contributed by atoms with Crippen LogP contribution in [-0.2, 0) is 14.8 Å². The summed E-state index contributed by atoms with van der Waals surface area (Å²) in [6.07, 6.45) is 1.66. The van der Waals surface area contributed by atoms with E-state index in [0.717, 1.165) is 5.69 Å². The fraction of sp³-hybridized carbons (Fsp3) is 0.364. The molecule has 0 atom stereocenters. The monoisotopic (exact) mass is 446 g/mol. The van der Waals surface area contributed by atoms with Gasteiger partial charge in [-0.15, -0.1) is 0 Å². The number of sulfonamides is 1. The van der Waals surface area contributed by atoms with Gasteiger partial charge in [-0.2, -0.15) is 4.31 Å². The van der Waals surface area contributed by atoms with E-state index in [2.05, 4.69) is 0 Å². The molecule has 0 N–H and O–H groups in total. The fourth-order valence-corrected chi connectivity index (χ4v) is 6.29. The number of anilines is 1. The van der Waals surface area contributed by atoms with E-state index in [9.17, 15) is 18.0 Å². The number of halogens is 1. The molecule has 0 aromatic heterocycles. The Labute approximate surface area is 181 Å². The first-order valence-corrected chi connectivity index (χ1v) is 11.7. The molecule has 0 unspecified atom stereocenters. The quantitative estimate of drug-likeness (QED) is 0.670. The van der Waals surface area contributed by atoms with E-state index in [4.69, 9.17) is 11.6 Å². The Kier molecular flexibility index (Phi) is 5.46. The Morgan fingerprint density at radius 2 is 1.57 bits per heavy atom. The van der Waals surface area contributed by atoms with Crippen LogP contribution < -0.4 is 4.90 Å². The SMILES string of the molecule is CC(=O)c1ccc(N2CCC3(CCN(S(=O)(=O)c4ccccc4Cl)CC3)C2=O)cc1. The molecule has 2 aromatic carbocycles. The van der Waals surface area contributed by atoms with Gasteiger partial charge in [0.1, 0.15) is 4.90 Å². The third kappa shape index (κ3) is 3.55. The number of hydrogen-bond donors (Lipinski definition) is 0. The molecule has 8 heteroatoms. The van der Waals surface area contributed by atoms with Gasteiger partial charge in [0, 0.05) is 30.9 Å². The molecule has 2 fully saturated rings. The van der Waals surface area contributed by atoms with Crippen molar-refractivity contribution in [3.63, 3.8) is 0 Å². The van der Waals surface area contributed by atoms with Crippen molar-refractivity contribution in [2.75, 3.05) is 24.5 Å². The number of nitrogens with zero attached hydrogens (tertiary/aromatic N) is 2. The molecule has 2 saturated heterocycles. The van der Waals surface area contributed by atoms with E-state index >= 15 is 0 Å². The topological polar surface area (TPSA) is 74.8 Å². The van der Waals surface area contributed by atoms with Gasteiger partial charge in [-0.05, 0) is 62.6 Å². The molecular formula is C22H23ClN2O4S. The summed E-state index contributed by atoms with van der Waals surface area (Å²) >= 11 is 6.10. The van der Waals surface area contributed by atoms with Crippen LogP contribution in [0, 0.1) is 5.41 Å². The lowest BCUT2D eigenvalue weighted by Crippen LogP contribution is -2.46. The molecule has 1 amide bonds. The number of carbonyl (C=O) groups excluding carboxylic acids is 2. The predicted molar refractivity (Wildman–Crippen MR) is 115 cm³/mol. The van der Waals surface area contributed by atoms with Gasteiger partial charge in [0.15, 0.2) is 5.78 Å². The van der Waals surface area contributed by atoms with Gasteiger partial charge in [0.25, 0.3) is 0 Å². The molecule has 2 aliphatic rings. The van der Waals surface area contributed by atoms with Gasteiger partial charge in [0.2, 0.25) is 15.9 Å². The van der Waals surface area contributed by atoms with E-state index in [1.807, 2.05) is 0 Å². The van der Waals surface area contributed by atoms with Crippen molar-refractivity contribution >= 4 is 39.0 Å². The predicted octanol–water partition coefficient (Wildman–Crippen LogP) is 3.75. The van der Waals surface area contributed by atoms with Crippen LogP contribution in [-0.4, -0.2) is 44.0 Å². The number of ketones is 1. The van der Waals surface area contributed by atoms with E-state index in [1.54, 1.807) is 47.4 Å². The Morgan fingerprint density at radius 3 is 2.17 bits per heavy atom. The largest absolute Gasteiger partial charge is 0.312 e. The highest BCUT2D eigenvalue weighted by atomic mass is 35.5. The second-order valence-electron chi connectivity index (χ2n) is 7.92. The van der Waals surface area contributed by atoms with Crippen LogP contribution >= 0.6 is 11.6 Å². The second-order valence-corrected chi connectivity index (χ2v) is 10.2. The third-order valence-electron chi connectivity index (χ3n) is 6.23. The van der Waals surface area contributed by atoms with Crippen molar-refractivity contribution in [2.24, 2.45) is 5.41 Å². The molecule has 4 rings (SSSR count). The van der Waals surface area contributed by atoms with E-state index in [-0.39, 0.29) is 34.7 Å². The lowest BCUT2D eigenvalue weighted by molar-refractivity contribution is -0.127. The molecule has 0 saturated carbocycles. The maximum atomic E-state index is 13.3. The molecule has 6 nitrogen and oxygen atoms in total. The summed E-state index contributed by atoms with van der Waals surface area (Å²) < 4.78 is 27.4. The first-order chi connectivity index (χ1) is 14.2. The highest BCUT2D eigenvalue weighted by molar-refractivity contribution is 7.89. The highest BCUT2D eigenvalue weighted by Gasteiger charge is 2.50. The van der Waals surface area contributed by atoms with Gasteiger partial charge in [-0.1, -0.05) is 23.7 Å². The normalized spacial score (nSPS) is 19.4. The number of benzene rings is 2. The molecule has 2 heterocycles. The maximum Gasteiger partial charge on any atom is 0.244 e. The molecule has 0 radical (unpaired) electrons. The van der Waals surface area contributed by atoms with Crippen molar-refractivity contribution < 1.29 is 18.0 Å². The number of Topliss-reactive ketones (excluding diaryl/α,β-unsaturated/α-hetero) is 1. The van der Waals surface area contributed by atoms with E-state index < -0.39 is 15.4 Å². The number of amides is 1. The first kappa shape index (κ1) is 21.0. The average Bonchev–Trinajstić information content (AvgIpc) is 3.04. The van der Waals surface area contributed by atoms with Crippen molar-refractivity contribution in [1.82, 2.24) is 4.31 Å². The summed E-state index contributed by atoms with van der Waals surface area (Å²) in [6.45, 7) is 2.68. The smallest absolute Gasteiger partial charge is 0.244 e. The van der Waals surface area contributed by atoms with Gasteiger partial charge in [0.05, 0.1) is 10.4 Å². The fourth-order valence-electron chi connectivity index (χ4n) is 4.35. The van der Waals surface area contributed by atoms with Crippen molar-refractivity contribution in [3.8, 4) is 0 Å². The van der Waals surface area contributed by atoms with E-state index in [0.29, 0.717) is 31.4 Å². The Morgan fingerprint density at radius 1 is 0.967 bits per heavy atom. The minimum atomic E-state index is -3.69. The zero-order valence-electron chi connectivity index (χ0n) is 16.7. The van der Waals surface area contributed by atoms with Crippen LogP contribution in [0.3, 0.4) is 0 Å². The molecule has 30 heavy (non-hydrogen) atoms. The number of piperidine rings is 1. The summed E-state index contributed by atoms with van der Waals surface area (Å²) in [4.78, 5) is 26.6. The van der Waals surface area contributed by atoms with Gasteiger partial charge < -0.3 is 4.90 Å². The third-order valence-corrected chi connectivity index (χ3v) is 8.63. The van der Waals surface area contributed by atoms with Crippen molar-refractivity contribution in [1.29, 1.82) is 0 Å². The summed E-state index contributed by atoms with van der Waals surface area (Å²) in [7, 11) is -3.69. The second kappa shape index (κ2) is 7.80. The lowest BCUT2D eigenvalue weighted by Gasteiger charge is -2.37. The zero-order valence-corrected chi connectivity index (χ0v) is 18.2. The highest BCUT2D eigenvalue weighted by Crippen LogP contribution is 2.44. The van der Waals surface area contributed by atoms with Crippen molar-refractivity contribution in [2.45, 2.75) is 31.1 Å². The van der Waals surface area contributed by atoms with Crippen LogP contribution in [0.5, 0.6) is 0 Å². The van der Waals surface area contributed by atoms with Crippen LogP contribution in [0.4, 0.5) is 5.69 Å². The van der Waals surface area contributed by atoms with E-state index in [1.165, 1.54) is 17.3 Å². The Bertz CT molecular complexity index is 1090. The minimum absolute atomic E-state index is 0.0159. The molecule has 1 spiro atoms. The molecule has 2 aromatic rings. The summed E-state index contributed by atoms with van der Waals surface area (Å²) in [5.41, 5.74) is 0.845. The first-order valence-electron chi connectivity index (χ1n) is 9.92. The number of carbonyl (C=O) groups is 2. The van der Waals surface area contributed by atoms with Crippen LogP contribution in [0.2, 0.25) is 5.02 Å². The number of rotatable bonds is 4. The van der Waals surface area contributed by atoms with Crippen LogP contribution in [0.1, 0.15) is 36.5 Å². The van der Waals surface area contributed by atoms with Gasteiger partial charge >= 0.3 is 0 Å². The molecular weight excluding hydrogens is 424 g/mol.